The molecule has 3 nitrogen and oxygen atoms in total. The average molecular weight is 314 g/mol. The number of nitrogens with zero attached hydrogens (tertiary/aromatic N) is 1. The van der Waals surface area contributed by atoms with Crippen LogP contribution in [0.1, 0.15) is 24.1 Å². The minimum Gasteiger partial charge on any atom is -0.493 e. The van der Waals surface area contributed by atoms with Crippen molar-refractivity contribution in [2.75, 3.05) is 12.4 Å². The van der Waals surface area contributed by atoms with Crippen molar-refractivity contribution in [3.8, 4) is 5.75 Å². The minimum absolute atomic E-state index is 0.0754. The molecule has 0 saturated heterocycles. The lowest BCUT2D eigenvalue weighted by molar-refractivity contribution is 0.344. The summed E-state index contributed by atoms with van der Waals surface area (Å²) in [7, 11) is 0. The van der Waals surface area contributed by atoms with Crippen LogP contribution >= 0.6 is 11.8 Å². The van der Waals surface area contributed by atoms with Gasteiger partial charge in [0.1, 0.15) is 5.75 Å². The van der Waals surface area contributed by atoms with Crippen LogP contribution in [-0.2, 0) is 0 Å². The van der Waals surface area contributed by atoms with Crippen molar-refractivity contribution in [3.05, 3.63) is 65.7 Å². The summed E-state index contributed by atoms with van der Waals surface area (Å²) < 4.78 is 5.70. The summed E-state index contributed by atoms with van der Waals surface area (Å²) in [5, 5.41) is 0.601. The highest BCUT2D eigenvalue weighted by Gasteiger charge is 2.04. The van der Waals surface area contributed by atoms with Crippen molar-refractivity contribution in [3.63, 3.8) is 0 Å². The largest absolute Gasteiger partial charge is 0.493 e. The highest BCUT2D eigenvalue weighted by atomic mass is 32.2. The summed E-state index contributed by atoms with van der Waals surface area (Å²) in [4.78, 5) is 4.51. The van der Waals surface area contributed by atoms with E-state index in [1.165, 1.54) is 22.9 Å². The molecule has 0 aromatic heterocycles. The van der Waals surface area contributed by atoms with E-state index in [1.807, 2.05) is 43.3 Å². The quantitative estimate of drug-likeness (QED) is 0.494. The van der Waals surface area contributed by atoms with Crippen molar-refractivity contribution in [1.29, 1.82) is 0 Å². The van der Waals surface area contributed by atoms with E-state index >= 15 is 0 Å². The smallest absolute Gasteiger partial charge is 0.154 e. The summed E-state index contributed by atoms with van der Waals surface area (Å²) in [6.45, 7) is 4.72. The number of aryl methyl sites for hydroxylation is 1. The fourth-order valence-electron chi connectivity index (χ4n) is 2.05. The van der Waals surface area contributed by atoms with Crippen molar-refractivity contribution < 1.29 is 4.74 Å². The second-order valence-corrected chi connectivity index (χ2v) is 6.18. The molecule has 0 fully saturated rings. The predicted molar refractivity (Wildman–Crippen MR) is 95.6 cm³/mol. The number of aliphatic imine (C=N–C) groups is 1. The van der Waals surface area contributed by atoms with Gasteiger partial charge in [0, 0.05) is 5.75 Å². The number of hydrogen-bond donors (Lipinski definition) is 1. The number of thioether (sulfide) groups is 1. The average Bonchev–Trinajstić information content (AvgIpc) is 2.52. The van der Waals surface area contributed by atoms with Gasteiger partial charge in [-0.3, -0.25) is 4.99 Å². The Hall–Kier alpha value is -1.94. The first-order chi connectivity index (χ1) is 10.6. The third-order valence-electron chi connectivity index (χ3n) is 3.19. The van der Waals surface area contributed by atoms with Crippen molar-refractivity contribution in [2.45, 2.75) is 19.9 Å². The van der Waals surface area contributed by atoms with Gasteiger partial charge in [-0.1, -0.05) is 54.2 Å². The lowest BCUT2D eigenvalue weighted by atomic mass is 10.1. The molecular weight excluding hydrogens is 292 g/mol. The second-order valence-electron chi connectivity index (χ2n) is 5.07. The topological polar surface area (TPSA) is 47.6 Å². The van der Waals surface area contributed by atoms with E-state index in [-0.39, 0.29) is 6.04 Å². The van der Waals surface area contributed by atoms with Gasteiger partial charge in [0.2, 0.25) is 0 Å². The van der Waals surface area contributed by atoms with Crippen LogP contribution < -0.4 is 10.5 Å². The molecule has 0 radical (unpaired) electrons. The second kappa shape index (κ2) is 8.49. The summed E-state index contributed by atoms with van der Waals surface area (Å²) in [5.41, 5.74) is 8.34. The molecule has 0 aliphatic heterocycles. The van der Waals surface area contributed by atoms with E-state index in [2.05, 4.69) is 30.1 Å². The molecule has 4 heteroatoms. The SMILES string of the molecule is Cc1cccc(OCCSC(N)=N[C@@H](C)c2ccccc2)c1. The van der Waals surface area contributed by atoms with Crippen LogP contribution in [0.2, 0.25) is 0 Å². The number of amidine groups is 1. The molecule has 2 aromatic rings. The number of hydrogen-bond acceptors (Lipinski definition) is 3. The fourth-order valence-corrected chi connectivity index (χ4v) is 2.65. The molecule has 2 N–H and O–H groups in total. The van der Waals surface area contributed by atoms with E-state index in [4.69, 9.17) is 10.5 Å². The fraction of sp³-hybridized carbons (Fsp3) is 0.278. The zero-order valence-electron chi connectivity index (χ0n) is 13.0. The van der Waals surface area contributed by atoms with E-state index in [0.29, 0.717) is 11.8 Å². The Morgan fingerprint density at radius 2 is 1.95 bits per heavy atom. The van der Waals surface area contributed by atoms with Crippen molar-refractivity contribution in [2.24, 2.45) is 10.7 Å². The van der Waals surface area contributed by atoms with Gasteiger partial charge in [-0.25, -0.2) is 0 Å². The van der Waals surface area contributed by atoms with Crippen LogP contribution in [0.25, 0.3) is 0 Å². The Labute approximate surface area is 136 Å². The first-order valence-corrected chi connectivity index (χ1v) is 8.34. The summed E-state index contributed by atoms with van der Waals surface area (Å²) in [6.07, 6.45) is 0. The molecule has 0 spiro atoms. The van der Waals surface area contributed by atoms with Gasteiger partial charge in [0.25, 0.3) is 0 Å². The first kappa shape index (κ1) is 16.4. The normalized spacial score (nSPS) is 12.9. The van der Waals surface area contributed by atoms with Crippen LogP contribution in [-0.4, -0.2) is 17.5 Å². The van der Waals surface area contributed by atoms with Gasteiger partial charge >= 0.3 is 0 Å². The molecule has 0 unspecified atom stereocenters. The minimum atomic E-state index is 0.0754. The number of ether oxygens (including phenoxy) is 1. The Morgan fingerprint density at radius 3 is 2.68 bits per heavy atom. The Bertz CT molecular complexity index is 613. The standard InChI is InChI=1S/C18H22N2OS/c1-14-7-6-10-17(13-14)21-11-12-22-18(19)20-15(2)16-8-4-3-5-9-16/h3-10,13,15H,11-12H2,1-2H3,(H2,19,20)/t15-/m0/s1. The predicted octanol–water partition coefficient (Wildman–Crippen LogP) is 4.18. The maximum atomic E-state index is 5.97. The van der Waals surface area contributed by atoms with E-state index < -0.39 is 0 Å². The maximum Gasteiger partial charge on any atom is 0.154 e. The van der Waals surface area contributed by atoms with Gasteiger partial charge in [-0.05, 0) is 37.1 Å². The lowest BCUT2D eigenvalue weighted by Crippen LogP contribution is -2.12. The lowest BCUT2D eigenvalue weighted by Gasteiger charge is -2.09. The van der Waals surface area contributed by atoms with Crippen LogP contribution in [0.5, 0.6) is 5.75 Å². The number of rotatable bonds is 6. The zero-order chi connectivity index (χ0) is 15.8. The van der Waals surface area contributed by atoms with Gasteiger partial charge in [-0.15, -0.1) is 0 Å². The Balaban J connectivity index is 1.75. The van der Waals surface area contributed by atoms with Crippen LogP contribution in [0.4, 0.5) is 0 Å². The van der Waals surface area contributed by atoms with Gasteiger partial charge in [-0.2, -0.15) is 0 Å². The molecule has 0 bridgehead atoms. The molecule has 0 aliphatic carbocycles. The molecule has 0 heterocycles. The molecule has 116 valence electrons. The maximum absolute atomic E-state index is 5.97. The van der Waals surface area contributed by atoms with Crippen LogP contribution in [0, 0.1) is 6.92 Å². The molecule has 2 aromatic carbocycles. The monoisotopic (exact) mass is 314 g/mol. The molecule has 0 amide bonds. The molecule has 0 saturated carbocycles. The third-order valence-corrected chi connectivity index (χ3v) is 3.97. The van der Waals surface area contributed by atoms with E-state index in [9.17, 15) is 0 Å². The summed E-state index contributed by atoms with van der Waals surface area (Å²) in [5.74, 6) is 1.68. The number of nitrogens with two attached hydrogens (primary N) is 1. The van der Waals surface area contributed by atoms with Crippen molar-refractivity contribution >= 4 is 16.9 Å². The molecule has 0 aliphatic rings. The highest BCUT2D eigenvalue weighted by molar-refractivity contribution is 8.13. The van der Waals surface area contributed by atoms with E-state index in [0.717, 1.165) is 11.5 Å². The molecule has 1 atom stereocenters. The molecule has 22 heavy (non-hydrogen) atoms. The van der Waals surface area contributed by atoms with Gasteiger partial charge < -0.3 is 10.5 Å². The van der Waals surface area contributed by atoms with Gasteiger partial charge in [0.05, 0.1) is 12.6 Å². The molecular formula is C18H22N2OS. The van der Waals surface area contributed by atoms with Crippen molar-refractivity contribution in [1.82, 2.24) is 0 Å². The van der Waals surface area contributed by atoms with Crippen LogP contribution in [0.3, 0.4) is 0 Å². The molecule has 2 rings (SSSR count). The summed E-state index contributed by atoms with van der Waals surface area (Å²) in [6, 6.07) is 18.3. The Morgan fingerprint density at radius 1 is 1.18 bits per heavy atom. The third kappa shape index (κ3) is 5.45. The zero-order valence-corrected chi connectivity index (χ0v) is 13.8. The van der Waals surface area contributed by atoms with E-state index in [1.54, 1.807) is 0 Å². The van der Waals surface area contributed by atoms with Gasteiger partial charge in [0.15, 0.2) is 5.17 Å². The number of benzene rings is 2. The Kier molecular flexibility index (Phi) is 6.34. The highest BCUT2D eigenvalue weighted by Crippen LogP contribution is 2.17. The first-order valence-electron chi connectivity index (χ1n) is 7.35. The van der Waals surface area contributed by atoms with Crippen LogP contribution in [0.15, 0.2) is 59.6 Å². The summed E-state index contributed by atoms with van der Waals surface area (Å²) >= 11 is 1.53.